The van der Waals surface area contributed by atoms with Gasteiger partial charge in [-0.2, -0.15) is 0 Å². The second-order valence-corrected chi connectivity index (χ2v) is 12.1. The number of hydrogen-bond donors (Lipinski definition) is 0. The maximum atomic E-state index is 5.12. The zero-order chi connectivity index (χ0) is 28.9. The van der Waals surface area contributed by atoms with Crippen LogP contribution in [0.15, 0.2) is 140 Å². The minimum Gasteiger partial charge on any atom is -0.317 e. The van der Waals surface area contributed by atoms with E-state index in [9.17, 15) is 0 Å². The Labute approximate surface area is 253 Å². The second kappa shape index (κ2) is 10.4. The molecule has 0 radical (unpaired) electrons. The predicted octanol–water partition coefficient (Wildman–Crippen LogP) is 10.9. The Hall–Kier alpha value is -4.95. The van der Waals surface area contributed by atoms with Crippen molar-refractivity contribution in [1.29, 1.82) is 0 Å². The lowest BCUT2D eigenvalue weighted by molar-refractivity contribution is 0.393. The number of fused-ring (bicyclic) bond motifs is 3. The van der Waals surface area contributed by atoms with Crippen LogP contribution in [-0.2, 0) is 0 Å². The summed E-state index contributed by atoms with van der Waals surface area (Å²) >= 11 is 0. The monoisotopic (exact) mass is 554 g/mol. The first-order valence-corrected chi connectivity index (χ1v) is 15.4. The molecular weight excluding hydrogens is 520 g/mol. The van der Waals surface area contributed by atoms with Gasteiger partial charge in [-0.3, -0.25) is 0 Å². The summed E-state index contributed by atoms with van der Waals surface area (Å²) in [6, 6.07) is 46.3. The normalized spacial score (nSPS) is 18.5. The van der Waals surface area contributed by atoms with Crippen LogP contribution in [0.25, 0.3) is 55.1 Å². The van der Waals surface area contributed by atoms with Gasteiger partial charge in [-0.1, -0.05) is 140 Å². The van der Waals surface area contributed by atoms with E-state index in [1.807, 2.05) is 0 Å². The van der Waals surface area contributed by atoms with Gasteiger partial charge in [-0.25, -0.2) is 4.98 Å². The maximum absolute atomic E-state index is 5.12. The molecule has 1 aliphatic rings. The van der Waals surface area contributed by atoms with Gasteiger partial charge in [0.05, 0.1) is 17.1 Å². The molecule has 0 bridgehead atoms. The molecule has 0 aliphatic heterocycles. The van der Waals surface area contributed by atoms with Gasteiger partial charge in [0.2, 0.25) is 0 Å². The van der Waals surface area contributed by atoms with Crippen molar-refractivity contribution in [3.63, 3.8) is 0 Å². The maximum Gasteiger partial charge on any atom is 0.141 e. The fourth-order valence-corrected chi connectivity index (χ4v) is 7.39. The third-order valence-electron chi connectivity index (χ3n) is 9.34. The summed E-state index contributed by atoms with van der Waals surface area (Å²) in [5, 5.41) is 5.39. The number of hydrogen-bond acceptors (Lipinski definition) is 1. The van der Waals surface area contributed by atoms with Crippen LogP contribution in [0.4, 0.5) is 0 Å². The average molecular weight is 555 g/mol. The summed E-state index contributed by atoms with van der Waals surface area (Å²) in [5.74, 6) is 1.79. The van der Waals surface area contributed by atoms with Crippen molar-refractivity contribution in [1.82, 2.24) is 9.55 Å². The van der Waals surface area contributed by atoms with E-state index in [1.54, 1.807) is 0 Å². The fraction of sp³-hybridized carbons (Fsp3) is 0.146. The van der Waals surface area contributed by atoms with Crippen molar-refractivity contribution in [3.8, 4) is 22.5 Å². The highest BCUT2D eigenvalue weighted by molar-refractivity contribution is 6.15. The highest BCUT2D eigenvalue weighted by Gasteiger charge is 2.30. The van der Waals surface area contributed by atoms with Crippen molar-refractivity contribution in [2.45, 2.75) is 32.2 Å². The van der Waals surface area contributed by atoms with Gasteiger partial charge in [-0.15, -0.1) is 0 Å². The van der Waals surface area contributed by atoms with Gasteiger partial charge in [0.15, 0.2) is 0 Å². The van der Waals surface area contributed by atoms with Crippen LogP contribution in [0.3, 0.4) is 0 Å². The van der Waals surface area contributed by atoms with Crippen LogP contribution >= 0.6 is 0 Å². The predicted molar refractivity (Wildman–Crippen MR) is 181 cm³/mol. The summed E-state index contributed by atoms with van der Waals surface area (Å²) in [5.41, 5.74) is 8.75. The van der Waals surface area contributed by atoms with Crippen LogP contribution in [0.5, 0.6) is 0 Å². The molecule has 3 unspecified atom stereocenters. The summed E-state index contributed by atoms with van der Waals surface area (Å²) < 4.78 is 2.47. The third kappa shape index (κ3) is 4.29. The molecule has 0 N–H and O–H groups in total. The first kappa shape index (κ1) is 25.7. The lowest BCUT2D eigenvalue weighted by atomic mass is 9.74. The Kier molecular flexibility index (Phi) is 6.22. The molecule has 1 aromatic heterocycles. The van der Waals surface area contributed by atoms with E-state index in [-0.39, 0.29) is 6.04 Å². The topological polar surface area (TPSA) is 17.8 Å². The Morgan fingerprint density at radius 2 is 1.28 bits per heavy atom. The van der Waals surface area contributed by atoms with Crippen LogP contribution in [0.1, 0.15) is 36.4 Å². The Morgan fingerprint density at radius 1 is 0.628 bits per heavy atom. The highest BCUT2D eigenvalue weighted by atomic mass is 15.1. The van der Waals surface area contributed by atoms with Gasteiger partial charge in [0.1, 0.15) is 5.82 Å². The Balaban J connectivity index is 1.32. The van der Waals surface area contributed by atoms with Crippen LogP contribution in [0.2, 0.25) is 0 Å². The molecule has 0 amide bonds. The molecule has 8 rings (SSSR count). The number of imidazole rings is 1. The lowest BCUT2D eigenvalue weighted by Gasteiger charge is -2.33. The average Bonchev–Trinajstić information content (AvgIpc) is 3.44. The molecule has 0 spiro atoms. The van der Waals surface area contributed by atoms with Gasteiger partial charge < -0.3 is 4.57 Å². The molecule has 3 atom stereocenters. The zero-order valence-corrected chi connectivity index (χ0v) is 24.6. The summed E-state index contributed by atoms with van der Waals surface area (Å²) in [7, 11) is 0. The number of rotatable bonds is 4. The molecule has 0 fully saturated rings. The van der Waals surface area contributed by atoms with E-state index < -0.39 is 0 Å². The highest BCUT2D eigenvalue weighted by Crippen LogP contribution is 2.47. The fourth-order valence-electron chi connectivity index (χ4n) is 7.39. The van der Waals surface area contributed by atoms with E-state index >= 15 is 0 Å². The quantitative estimate of drug-likeness (QED) is 0.156. The molecule has 43 heavy (non-hydrogen) atoms. The van der Waals surface area contributed by atoms with Gasteiger partial charge in [0, 0.05) is 11.5 Å². The molecule has 1 aliphatic carbocycles. The number of benzene rings is 6. The molecule has 208 valence electrons. The van der Waals surface area contributed by atoms with Gasteiger partial charge in [-0.05, 0) is 69.6 Å². The largest absolute Gasteiger partial charge is 0.317 e. The van der Waals surface area contributed by atoms with E-state index in [4.69, 9.17) is 4.98 Å². The van der Waals surface area contributed by atoms with Gasteiger partial charge in [0.25, 0.3) is 0 Å². The minimum atomic E-state index is 0.233. The minimum absolute atomic E-state index is 0.233. The molecule has 1 heterocycles. The molecule has 6 aromatic carbocycles. The molecule has 0 saturated carbocycles. The van der Waals surface area contributed by atoms with E-state index in [2.05, 4.69) is 158 Å². The number of para-hydroxylation sites is 2. The number of aromatic nitrogens is 2. The smallest absolute Gasteiger partial charge is 0.141 e. The van der Waals surface area contributed by atoms with Crippen molar-refractivity contribution in [3.05, 3.63) is 151 Å². The molecule has 2 heteroatoms. The summed E-state index contributed by atoms with van der Waals surface area (Å²) in [6.07, 6.45) is 5.99. The van der Waals surface area contributed by atoms with E-state index in [1.165, 1.54) is 49.3 Å². The molecule has 2 nitrogen and oxygen atoms in total. The van der Waals surface area contributed by atoms with Crippen LogP contribution < -0.4 is 0 Å². The third-order valence-corrected chi connectivity index (χ3v) is 9.34. The standard InChI is InChI=1S/C41H34N2/c1-27-21-23-35-36(25-27)40(34-18-10-9-17-33(34)39(35)29-13-5-3-6-14-29)32-24-22-31(26-28(32)2)43-38-20-12-11-19-37(38)42-41(43)30-15-7-4-8-16-30/h3-25,28,31-32H,26H2,1-2H3. The number of aryl methyl sites for hydroxylation is 1. The first-order chi connectivity index (χ1) is 21.2. The van der Waals surface area contributed by atoms with Crippen LogP contribution in [0, 0.1) is 12.8 Å². The number of nitrogens with zero attached hydrogens (tertiary/aromatic N) is 2. The van der Waals surface area contributed by atoms with Crippen molar-refractivity contribution in [2.75, 3.05) is 0 Å². The van der Waals surface area contributed by atoms with Crippen molar-refractivity contribution < 1.29 is 0 Å². The zero-order valence-electron chi connectivity index (χ0n) is 24.6. The summed E-state index contributed by atoms with van der Waals surface area (Å²) in [4.78, 5) is 5.12. The Morgan fingerprint density at radius 3 is 2.05 bits per heavy atom. The van der Waals surface area contributed by atoms with E-state index in [0.717, 1.165) is 23.3 Å². The van der Waals surface area contributed by atoms with Crippen molar-refractivity contribution in [2.24, 2.45) is 5.92 Å². The second-order valence-electron chi connectivity index (χ2n) is 12.1. The van der Waals surface area contributed by atoms with Crippen LogP contribution in [-0.4, -0.2) is 9.55 Å². The Bertz CT molecular complexity index is 2140. The van der Waals surface area contributed by atoms with Crippen molar-refractivity contribution >= 4 is 32.6 Å². The van der Waals surface area contributed by atoms with Gasteiger partial charge >= 0.3 is 0 Å². The lowest BCUT2D eigenvalue weighted by Crippen LogP contribution is -2.21. The molecule has 7 aromatic rings. The van der Waals surface area contributed by atoms with E-state index in [0.29, 0.717) is 11.8 Å². The number of allylic oxidation sites excluding steroid dienone is 2. The molecule has 0 saturated heterocycles. The SMILES string of the molecule is Cc1ccc2c(-c3ccccc3)c3ccccc3c(C3C=CC(n4c(-c5ccccc5)nc5ccccc54)CC3C)c2c1. The summed E-state index contributed by atoms with van der Waals surface area (Å²) in [6.45, 7) is 4.65. The molecular formula is C41H34N2. The first-order valence-electron chi connectivity index (χ1n) is 15.4.